The summed E-state index contributed by atoms with van der Waals surface area (Å²) in [4.78, 5) is 38.9. The van der Waals surface area contributed by atoms with E-state index in [-0.39, 0.29) is 18.6 Å². The first-order valence-corrected chi connectivity index (χ1v) is 14.2. The van der Waals surface area contributed by atoms with Crippen molar-refractivity contribution < 1.29 is 33.3 Å². The third-order valence-corrected chi connectivity index (χ3v) is 7.03. The van der Waals surface area contributed by atoms with Crippen LogP contribution in [0.15, 0.2) is 66.7 Å². The number of carbonyl (C=O) groups excluding carboxylic acids is 3. The Kier molecular flexibility index (Phi) is 9.91. The number of fused-ring (bicyclic) bond motifs is 1. The zero-order valence-corrected chi connectivity index (χ0v) is 23.4. The molecule has 2 amide bonds. The average molecular weight is 565 g/mol. The monoisotopic (exact) mass is 564 g/mol. The minimum absolute atomic E-state index is 0.232. The SMILES string of the molecule is COC(=O)[C@H](CCSC)NC(=O)c1ccc(C(=O)NC[C@@H]2COc3ccccc3O2)cc1-c1ccccc1OC. The summed E-state index contributed by atoms with van der Waals surface area (Å²) < 4.78 is 22.1. The van der Waals surface area contributed by atoms with Crippen LogP contribution in [0.25, 0.3) is 11.1 Å². The molecular weight excluding hydrogens is 532 g/mol. The van der Waals surface area contributed by atoms with Crippen LogP contribution >= 0.6 is 11.8 Å². The Morgan fingerprint density at radius 2 is 1.73 bits per heavy atom. The summed E-state index contributed by atoms with van der Waals surface area (Å²) in [5.74, 6) is 1.18. The van der Waals surface area contributed by atoms with Crippen LogP contribution in [0.2, 0.25) is 0 Å². The fourth-order valence-corrected chi connectivity index (χ4v) is 4.78. The molecule has 10 heteroatoms. The van der Waals surface area contributed by atoms with Crippen molar-refractivity contribution in [1.29, 1.82) is 0 Å². The molecule has 0 spiro atoms. The Bertz CT molecular complexity index is 1360. The van der Waals surface area contributed by atoms with E-state index in [9.17, 15) is 14.4 Å². The number of benzene rings is 3. The molecule has 3 aromatic carbocycles. The predicted molar refractivity (Wildman–Crippen MR) is 153 cm³/mol. The summed E-state index contributed by atoms with van der Waals surface area (Å²) in [5.41, 5.74) is 1.76. The van der Waals surface area contributed by atoms with Crippen LogP contribution in [-0.2, 0) is 9.53 Å². The number of amides is 2. The molecule has 0 unspecified atom stereocenters. The van der Waals surface area contributed by atoms with Crippen molar-refractivity contribution in [2.45, 2.75) is 18.6 Å². The standard InChI is InChI=1S/C30H32N2O7S/c1-36-25-9-5-4-8-21(25)23-16-19(12-13-22(23)29(34)32-24(14-15-40-3)30(35)37-2)28(33)31-17-20-18-38-26-10-6-7-11-27(26)39-20/h4-13,16,20,24H,14-15,17-18H2,1-3H3,(H,31,33)(H,32,34)/t20-,24+/m1/s1. The molecule has 1 heterocycles. The van der Waals surface area contributed by atoms with E-state index in [1.807, 2.05) is 48.7 Å². The van der Waals surface area contributed by atoms with Gasteiger partial charge < -0.3 is 29.6 Å². The highest BCUT2D eigenvalue weighted by Crippen LogP contribution is 2.33. The molecule has 2 atom stereocenters. The molecule has 2 N–H and O–H groups in total. The first-order valence-electron chi connectivity index (χ1n) is 12.8. The maximum absolute atomic E-state index is 13.4. The fraction of sp³-hybridized carbons (Fsp3) is 0.300. The van der Waals surface area contributed by atoms with Crippen LogP contribution < -0.4 is 24.8 Å². The van der Waals surface area contributed by atoms with Gasteiger partial charge in [0.05, 0.1) is 20.8 Å². The summed E-state index contributed by atoms with van der Waals surface area (Å²) in [6.45, 7) is 0.538. The van der Waals surface area contributed by atoms with E-state index in [1.54, 1.807) is 36.0 Å². The minimum Gasteiger partial charge on any atom is -0.496 e. The molecule has 0 aliphatic carbocycles. The molecule has 0 saturated carbocycles. The number of hydrogen-bond acceptors (Lipinski definition) is 8. The Labute approximate surface area is 237 Å². The van der Waals surface area contributed by atoms with Crippen molar-refractivity contribution in [2.75, 3.05) is 39.4 Å². The van der Waals surface area contributed by atoms with Crippen molar-refractivity contribution >= 4 is 29.5 Å². The van der Waals surface area contributed by atoms with Crippen LogP contribution in [0.5, 0.6) is 17.2 Å². The molecule has 0 saturated heterocycles. The quantitative estimate of drug-likeness (QED) is 0.337. The van der Waals surface area contributed by atoms with Gasteiger partial charge in [-0.15, -0.1) is 0 Å². The molecule has 0 bridgehead atoms. The molecular formula is C30H32N2O7S. The highest BCUT2D eigenvalue weighted by atomic mass is 32.2. The molecule has 0 radical (unpaired) electrons. The van der Waals surface area contributed by atoms with Crippen molar-refractivity contribution in [1.82, 2.24) is 10.6 Å². The Morgan fingerprint density at radius 3 is 2.48 bits per heavy atom. The lowest BCUT2D eigenvalue weighted by molar-refractivity contribution is -0.142. The number of thioether (sulfide) groups is 1. The lowest BCUT2D eigenvalue weighted by Crippen LogP contribution is -2.42. The first-order chi connectivity index (χ1) is 19.4. The van der Waals surface area contributed by atoms with E-state index in [4.69, 9.17) is 18.9 Å². The highest BCUT2D eigenvalue weighted by Gasteiger charge is 2.26. The van der Waals surface area contributed by atoms with E-state index in [2.05, 4.69) is 10.6 Å². The van der Waals surface area contributed by atoms with Gasteiger partial charge in [0.1, 0.15) is 24.5 Å². The van der Waals surface area contributed by atoms with E-state index in [0.29, 0.717) is 58.3 Å². The van der Waals surface area contributed by atoms with Gasteiger partial charge in [-0.2, -0.15) is 11.8 Å². The van der Waals surface area contributed by atoms with Crippen LogP contribution in [0.3, 0.4) is 0 Å². The number of methoxy groups -OCH3 is 2. The molecule has 0 aromatic heterocycles. The van der Waals surface area contributed by atoms with Gasteiger partial charge in [0.15, 0.2) is 11.5 Å². The Morgan fingerprint density at radius 1 is 0.975 bits per heavy atom. The van der Waals surface area contributed by atoms with Gasteiger partial charge in [0.25, 0.3) is 11.8 Å². The maximum Gasteiger partial charge on any atom is 0.328 e. The highest BCUT2D eigenvalue weighted by molar-refractivity contribution is 7.98. The molecule has 4 rings (SSSR count). The van der Waals surface area contributed by atoms with Gasteiger partial charge in [-0.1, -0.05) is 30.3 Å². The lowest BCUT2D eigenvalue weighted by atomic mass is 9.95. The molecule has 9 nitrogen and oxygen atoms in total. The van der Waals surface area contributed by atoms with Gasteiger partial charge in [0.2, 0.25) is 0 Å². The Balaban J connectivity index is 1.57. The van der Waals surface area contributed by atoms with Crippen LogP contribution in [0.4, 0.5) is 0 Å². The Hall–Kier alpha value is -4.18. The van der Waals surface area contributed by atoms with Gasteiger partial charge in [-0.05, 0) is 60.4 Å². The summed E-state index contributed by atoms with van der Waals surface area (Å²) in [6, 6.07) is 18.6. The molecule has 3 aromatic rings. The normalized spacial score (nSPS) is 14.5. The van der Waals surface area contributed by atoms with Gasteiger partial charge in [-0.25, -0.2) is 4.79 Å². The van der Waals surface area contributed by atoms with Crippen LogP contribution in [0, 0.1) is 0 Å². The topological polar surface area (TPSA) is 112 Å². The third-order valence-electron chi connectivity index (χ3n) is 6.38. The third kappa shape index (κ3) is 6.87. The van der Waals surface area contributed by atoms with Crippen LogP contribution in [-0.4, -0.2) is 69.3 Å². The second-order valence-corrected chi connectivity index (χ2v) is 9.98. The minimum atomic E-state index is -0.804. The number of hydrogen-bond donors (Lipinski definition) is 2. The van der Waals surface area contributed by atoms with Gasteiger partial charge in [0, 0.05) is 16.7 Å². The zero-order chi connectivity index (χ0) is 28.5. The molecule has 1 aliphatic rings. The van der Waals surface area contributed by atoms with Crippen molar-refractivity contribution in [3.05, 3.63) is 77.9 Å². The molecule has 210 valence electrons. The van der Waals surface area contributed by atoms with Gasteiger partial charge >= 0.3 is 5.97 Å². The number of nitrogens with one attached hydrogen (secondary N) is 2. The second kappa shape index (κ2) is 13.7. The van der Waals surface area contributed by atoms with Crippen molar-refractivity contribution in [3.63, 3.8) is 0 Å². The fourth-order valence-electron chi connectivity index (χ4n) is 4.31. The van der Waals surface area contributed by atoms with Crippen molar-refractivity contribution in [2.24, 2.45) is 0 Å². The van der Waals surface area contributed by atoms with E-state index in [0.717, 1.165) is 0 Å². The number of ether oxygens (including phenoxy) is 4. The number of para-hydroxylation sites is 3. The van der Waals surface area contributed by atoms with Crippen molar-refractivity contribution in [3.8, 4) is 28.4 Å². The largest absolute Gasteiger partial charge is 0.496 e. The summed E-state index contributed by atoms with van der Waals surface area (Å²) in [6.07, 6.45) is 1.99. The predicted octanol–water partition coefficient (Wildman–Crippen LogP) is 3.96. The van der Waals surface area contributed by atoms with Gasteiger partial charge in [-0.3, -0.25) is 9.59 Å². The second-order valence-electron chi connectivity index (χ2n) is 9.00. The summed E-state index contributed by atoms with van der Waals surface area (Å²) in [5, 5.41) is 5.69. The number of esters is 1. The number of rotatable bonds is 11. The van der Waals surface area contributed by atoms with E-state index < -0.39 is 17.9 Å². The summed E-state index contributed by atoms with van der Waals surface area (Å²) in [7, 11) is 2.83. The maximum atomic E-state index is 13.4. The van der Waals surface area contributed by atoms with E-state index >= 15 is 0 Å². The molecule has 0 fully saturated rings. The zero-order valence-electron chi connectivity index (χ0n) is 22.6. The van der Waals surface area contributed by atoms with E-state index in [1.165, 1.54) is 14.2 Å². The number of carbonyl (C=O) groups is 3. The average Bonchev–Trinajstić information content (AvgIpc) is 3.00. The summed E-state index contributed by atoms with van der Waals surface area (Å²) >= 11 is 1.57. The molecule has 1 aliphatic heterocycles. The molecule has 40 heavy (non-hydrogen) atoms. The smallest absolute Gasteiger partial charge is 0.328 e. The first kappa shape index (κ1) is 28.8. The van der Waals surface area contributed by atoms with Crippen LogP contribution in [0.1, 0.15) is 27.1 Å². The lowest BCUT2D eigenvalue weighted by Gasteiger charge is -2.26.